The Morgan fingerprint density at radius 1 is 1.06 bits per heavy atom. The van der Waals surface area contributed by atoms with Crippen molar-refractivity contribution in [2.75, 3.05) is 5.73 Å². The maximum Gasteiger partial charge on any atom is 0.221 e. The molecule has 2 aromatic rings. The standard InChI is InChI=1S/C14H15ClN2O/c1-8-4-11(5-9(2)14(8)15)18-13-6-12(16)10(3)7-17-13/h4-7H,1-3H3,(H2,16,17). The summed E-state index contributed by atoms with van der Waals surface area (Å²) in [6.07, 6.45) is 1.69. The molecule has 0 atom stereocenters. The van der Waals surface area contributed by atoms with Gasteiger partial charge in [-0.05, 0) is 49.6 Å². The minimum atomic E-state index is 0.485. The molecule has 94 valence electrons. The molecular formula is C14H15ClN2O. The maximum absolute atomic E-state index is 6.11. The third-order valence-electron chi connectivity index (χ3n) is 2.75. The molecule has 0 radical (unpaired) electrons. The van der Waals surface area contributed by atoms with Crippen LogP contribution in [0.1, 0.15) is 16.7 Å². The van der Waals surface area contributed by atoms with Crippen LogP contribution in [0.25, 0.3) is 0 Å². The van der Waals surface area contributed by atoms with E-state index < -0.39 is 0 Å². The van der Waals surface area contributed by atoms with Crippen LogP contribution in [-0.4, -0.2) is 4.98 Å². The van der Waals surface area contributed by atoms with Crippen molar-refractivity contribution in [3.8, 4) is 11.6 Å². The number of ether oxygens (including phenoxy) is 1. The predicted molar refractivity (Wildman–Crippen MR) is 74.4 cm³/mol. The molecule has 2 N–H and O–H groups in total. The Morgan fingerprint density at radius 3 is 2.22 bits per heavy atom. The summed E-state index contributed by atoms with van der Waals surface area (Å²) in [5.74, 6) is 1.20. The van der Waals surface area contributed by atoms with Gasteiger partial charge in [0, 0.05) is 23.0 Å². The molecule has 0 saturated heterocycles. The number of aryl methyl sites for hydroxylation is 3. The smallest absolute Gasteiger partial charge is 0.221 e. The van der Waals surface area contributed by atoms with Gasteiger partial charge in [0.15, 0.2) is 0 Å². The molecule has 3 nitrogen and oxygen atoms in total. The summed E-state index contributed by atoms with van der Waals surface area (Å²) >= 11 is 6.11. The lowest BCUT2D eigenvalue weighted by Gasteiger charge is -2.09. The molecule has 1 aromatic heterocycles. The third kappa shape index (κ3) is 2.57. The van der Waals surface area contributed by atoms with Gasteiger partial charge in [-0.25, -0.2) is 4.98 Å². The first-order valence-corrected chi connectivity index (χ1v) is 6.02. The molecule has 0 aliphatic carbocycles. The van der Waals surface area contributed by atoms with Gasteiger partial charge in [0.25, 0.3) is 0 Å². The minimum Gasteiger partial charge on any atom is -0.439 e. The number of nitrogen functional groups attached to an aromatic ring is 1. The zero-order valence-corrected chi connectivity index (χ0v) is 11.4. The van der Waals surface area contributed by atoms with Gasteiger partial charge in [-0.3, -0.25) is 0 Å². The molecule has 18 heavy (non-hydrogen) atoms. The molecule has 0 fully saturated rings. The van der Waals surface area contributed by atoms with Crippen LogP contribution in [-0.2, 0) is 0 Å². The molecule has 2 rings (SSSR count). The van der Waals surface area contributed by atoms with Crippen molar-refractivity contribution in [1.82, 2.24) is 4.98 Å². The first-order chi connectivity index (χ1) is 8.47. The van der Waals surface area contributed by atoms with Crippen LogP contribution < -0.4 is 10.5 Å². The summed E-state index contributed by atoms with van der Waals surface area (Å²) in [4.78, 5) is 4.18. The van der Waals surface area contributed by atoms with Crippen molar-refractivity contribution < 1.29 is 4.74 Å². The molecular weight excluding hydrogens is 248 g/mol. The summed E-state index contributed by atoms with van der Waals surface area (Å²) in [5.41, 5.74) is 9.38. The van der Waals surface area contributed by atoms with Crippen LogP contribution in [0.5, 0.6) is 11.6 Å². The highest BCUT2D eigenvalue weighted by molar-refractivity contribution is 6.32. The molecule has 0 aliphatic heterocycles. The van der Waals surface area contributed by atoms with Crippen LogP contribution in [0.4, 0.5) is 5.69 Å². The van der Waals surface area contributed by atoms with E-state index in [0.717, 1.165) is 21.7 Å². The number of rotatable bonds is 2. The fourth-order valence-corrected chi connectivity index (χ4v) is 1.77. The fourth-order valence-electron chi connectivity index (χ4n) is 1.66. The van der Waals surface area contributed by atoms with E-state index in [1.165, 1.54) is 0 Å². The van der Waals surface area contributed by atoms with Crippen molar-refractivity contribution in [3.05, 3.63) is 46.1 Å². The monoisotopic (exact) mass is 262 g/mol. The van der Waals surface area contributed by atoms with Crippen LogP contribution in [0, 0.1) is 20.8 Å². The van der Waals surface area contributed by atoms with Crippen molar-refractivity contribution >= 4 is 17.3 Å². The lowest BCUT2D eigenvalue weighted by atomic mass is 10.1. The number of halogens is 1. The lowest BCUT2D eigenvalue weighted by Crippen LogP contribution is -1.94. The quantitative estimate of drug-likeness (QED) is 0.889. The van der Waals surface area contributed by atoms with Crippen LogP contribution >= 0.6 is 11.6 Å². The van der Waals surface area contributed by atoms with Crippen molar-refractivity contribution in [3.63, 3.8) is 0 Å². The van der Waals surface area contributed by atoms with E-state index in [1.54, 1.807) is 12.3 Å². The second-order valence-corrected chi connectivity index (χ2v) is 4.73. The Kier molecular flexibility index (Phi) is 3.43. The van der Waals surface area contributed by atoms with Crippen molar-refractivity contribution in [2.45, 2.75) is 20.8 Å². The van der Waals surface area contributed by atoms with E-state index in [1.807, 2.05) is 32.9 Å². The van der Waals surface area contributed by atoms with Crippen molar-refractivity contribution in [1.29, 1.82) is 0 Å². The van der Waals surface area contributed by atoms with Gasteiger partial charge >= 0.3 is 0 Å². The molecule has 0 amide bonds. The second kappa shape index (κ2) is 4.86. The number of benzene rings is 1. The summed E-state index contributed by atoms with van der Waals surface area (Å²) < 4.78 is 5.68. The van der Waals surface area contributed by atoms with Gasteiger partial charge < -0.3 is 10.5 Å². The van der Waals surface area contributed by atoms with E-state index in [2.05, 4.69) is 4.98 Å². The molecule has 0 bridgehead atoms. The number of hydrogen-bond donors (Lipinski definition) is 1. The molecule has 0 aliphatic rings. The number of nitrogens with two attached hydrogens (primary N) is 1. The number of pyridine rings is 1. The Labute approximate surface area is 112 Å². The maximum atomic E-state index is 6.11. The van der Waals surface area contributed by atoms with E-state index in [0.29, 0.717) is 17.3 Å². The van der Waals surface area contributed by atoms with E-state index in [9.17, 15) is 0 Å². The summed E-state index contributed by atoms with van der Waals surface area (Å²) in [7, 11) is 0. The molecule has 4 heteroatoms. The summed E-state index contributed by atoms with van der Waals surface area (Å²) in [6, 6.07) is 5.48. The molecule has 1 heterocycles. The number of aromatic nitrogens is 1. The summed E-state index contributed by atoms with van der Waals surface area (Å²) in [6.45, 7) is 5.79. The van der Waals surface area contributed by atoms with Gasteiger partial charge in [-0.15, -0.1) is 0 Å². The van der Waals surface area contributed by atoms with E-state index >= 15 is 0 Å². The number of nitrogens with zero attached hydrogens (tertiary/aromatic N) is 1. The van der Waals surface area contributed by atoms with Crippen LogP contribution in [0.2, 0.25) is 5.02 Å². The first-order valence-electron chi connectivity index (χ1n) is 5.64. The normalized spacial score (nSPS) is 10.4. The molecule has 0 saturated carbocycles. The average Bonchev–Trinajstić information content (AvgIpc) is 2.31. The van der Waals surface area contributed by atoms with Gasteiger partial charge in [-0.2, -0.15) is 0 Å². The largest absolute Gasteiger partial charge is 0.439 e. The van der Waals surface area contributed by atoms with E-state index in [-0.39, 0.29) is 0 Å². The van der Waals surface area contributed by atoms with Crippen LogP contribution in [0.15, 0.2) is 24.4 Å². The zero-order chi connectivity index (χ0) is 13.3. The SMILES string of the molecule is Cc1cnc(Oc2cc(C)c(Cl)c(C)c2)cc1N. The van der Waals surface area contributed by atoms with Gasteiger partial charge in [0.1, 0.15) is 5.75 Å². The highest BCUT2D eigenvalue weighted by atomic mass is 35.5. The second-order valence-electron chi connectivity index (χ2n) is 4.35. The fraction of sp³-hybridized carbons (Fsp3) is 0.214. The Balaban J connectivity index is 2.31. The van der Waals surface area contributed by atoms with Gasteiger partial charge in [-0.1, -0.05) is 11.6 Å². The predicted octanol–water partition coefficient (Wildman–Crippen LogP) is 4.03. The highest BCUT2D eigenvalue weighted by Gasteiger charge is 2.06. The van der Waals surface area contributed by atoms with Gasteiger partial charge in [0.2, 0.25) is 5.88 Å². The third-order valence-corrected chi connectivity index (χ3v) is 3.35. The molecule has 1 aromatic carbocycles. The Bertz CT molecular complexity index is 573. The highest BCUT2D eigenvalue weighted by Crippen LogP contribution is 2.29. The molecule has 0 unspecified atom stereocenters. The summed E-state index contributed by atoms with van der Waals surface area (Å²) in [5, 5.41) is 0.763. The first kappa shape index (κ1) is 12.7. The van der Waals surface area contributed by atoms with Crippen molar-refractivity contribution in [2.24, 2.45) is 0 Å². The van der Waals surface area contributed by atoms with Gasteiger partial charge in [0.05, 0.1) is 0 Å². The number of anilines is 1. The topological polar surface area (TPSA) is 48.1 Å². The zero-order valence-electron chi connectivity index (χ0n) is 10.6. The number of hydrogen-bond acceptors (Lipinski definition) is 3. The molecule has 0 spiro atoms. The Morgan fingerprint density at radius 2 is 1.67 bits per heavy atom. The van der Waals surface area contributed by atoms with E-state index in [4.69, 9.17) is 22.1 Å². The lowest BCUT2D eigenvalue weighted by molar-refractivity contribution is 0.462. The van der Waals surface area contributed by atoms with Crippen LogP contribution in [0.3, 0.4) is 0 Å². The minimum absolute atomic E-state index is 0.485. The Hall–Kier alpha value is -1.74. The average molecular weight is 263 g/mol.